The van der Waals surface area contributed by atoms with Gasteiger partial charge in [-0.3, -0.25) is 0 Å². The van der Waals surface area contributed by atoms with Crippen LogP contribution in [0.5, 0.6) is 34.5 Å². The SMILES string of the molecule is COc1cc(/C=C/c2ccc3c(c2)[C@H](c2cc(O)cc(O)c2)C(c2ccc(O)cc2)O3)cc(OC)c1. The molecule has 0 amide bonds. The Morgan fingerprint density at radius 2 is 1.28 bits per heavy atom. The van der Waals surface area contributed by atoms with Crippen LogP contribution >= 0.6 is 0 Å². The monoisotopic (exact) mass is 482 g/mol. The van der Waals surface area contributed by atoms with Gasteiger partial charge in [-0.1, -0.05) is 30.4 Å². The lowest BCUT2D eigenvalue weighted by Crippen LogP contribution is -2.11. The molecule has 0 radical (unpaired) electrons. The molecule has 36 heavy (non-hydrogen) atoms. The Morgan fingerprint density at radius 1 is 0.639 bits per heavy atom. The van der Waals surface area contributed by atoms with Crippen LogP contribution in [0.15, 0.2) is 78.9 Å². The third-order valence-electron chi connectivity index (χ3n) is 6.27. The zero-order chi connectivity index (χ0) is 25.2. The molecule has 0 bridgehead atoms. The fourth-order valence-corrected chi connectivity index (χ4v) is 4.58. The quantitative estimate of drug-likeness (QED) is 0.281. The van der Waals surface area contributed by atoms with Crippen LogP contribution in [0.1, 0.15) is 39.8 Å². The molecule has 6 heteroatoms. The van der Waals surface area contributed by atoms with Crippen molar-refractivity contribution in [3.05, 3.63) is 107 Å². The van der Waals surface area contributed by atoms with Gasteiger partial charge in [0.2, 0.25) is 0 Å². The molecule has 5 rings (SSSR count). The van der Waals surface area contributed by atoms with E-state index < -0.39 is 6.10 Å². The Morgan fingerprint density at radius 3 is 1.92 bits per heavy atom. The largest absolute Gasteiger partial charge is 0.508 e. The van der Waals surface area contributed by atoms with Crippen molar-refractivity contribution in [1.29, 1.82) is 0 Å². The number of phenolic OH excluding ortho intramolecular Hbond substituents is 3. The summed E-state index contributed by atoms with van der Waals surface area (Å²) in [5, 5.41) is 30.1. The highest BCUT2D eigenvalue weighted by Gasteiger charge is 2.37. The molecule has 4 aromatic carbocycles. The first-order chi connectivity index (χ1) is 17.4. The molecule has 1 aliphatic rings. The van der Waals surface area contributed by atoms with Gasteiger partial charge in [0.05, 0.1) is 20.1 Å². The Hall–Kier alpha value is -4.58. The zero-order valence-corrected chi connectivity index (χ0v) is 19.9. The van der Waals surface area contributed by atoms with E-state index in [-0.39, 0.29) is 23.2 Å². The first-order valence-electron chi connectivity index (χ1n) is 11.5. The second kappa shape index (κ2) is 9.58. The molecular weight excluding hydrogens is 456 g/mol. The predicted molar refractivity (Wildman–Crippen MR) is 138 cm³/mol. The molecule has 1 heterocycles. The minimum Gasteiger partial charge on any atom is -0.508 e. The van der Waals surface area contributed by atoms with E-state index in [1.165, 1.54) is 6.07 Å². The second-order valence-electron chi connectivity index (χ2n) is 8.67. The highest BCUT2D eigenvalue weighted by atomic mass is 16.5. The third kappa shape index (κ3) is 4.66. The van der Waals surface area contributed by atoms with Gasteiger partial charge in [-0.05, 0) is 70.8 Å². The lowest BCUT2D eigenvalue weighted by Gasteiger charge is -2.20. The summed E-state index contributed by atoms with van der Waals surface area (Å²) in [5.74, 6) is 1.97. The fraction of sp³-hybridized carbons (Fsp3) is 0.133. The van der Waals surface area contributed by atoms with Crippen LogP contribution in [0.25, 0.3) is 12.2 Å². The number of methoxy groups -OCH3 is 2. The molecule has 0 aromatic heterocycles. The number of aromatic hydroxyl groups is 3. The van der Waals surface area contributed by atoms with Crippen molar-refractivity contribution in [3.8, 4) is 34.5 Å². The summed E-state index contributed by atoms with van der Waals surface area (Å²) in [6, 6.07) is 23.1. The van der Waals surface area contributed by atoms with Crippen LogP contribution < -0.4 is 14.2 Å². The van der Waals surface area contributed by atoms with Crippen molar-refractivity contribution in [3.63, 3.8) is 0 Å². The van der Waals surface area contributed by atoms with E-state index in [4.69, 9.17) is 14.2 Å². The Bertz CT molecular complexity index is 1380. The number of hydrogen-bond donors (Lipinski definition) is 3. The van der Waals surface area contributed by atoms with Crippen molar-refractivity contribution in [2.45, 2.75) is 12.0 Å². The maximum absolute atomic E-state index is 10.2. The number of hydrogen-bond acceptors (Lipinski definition) is 6. The van der Waals surface area contributed by atoms with Gasteiger partial charge in [0.25, 0.3) is 0 Å². The normalized spacial score (nSPS) is 16.5. The van der Waals surface area contributed by atoms with Gasteiger partial charge in [-0.2, -0.15) is 0 Å². The van der Waals surface area contributed by atoms with E-state index in [1.54, 1.807) is 38.5 Å². The van der Waals surface area contributed by atoms with Gasteiger partial charge in [0, 0.05) is 17.7 Å². The fourth-order valence-electron chi connectivity index (χ4n) is 4.58. The molecule has 0 aliphatic carbocycles. The van der Waals surface area contributed by atoms with Crippen LogP contribution in [-0.2, 0) is 0 Å². The first kappa shape index (κ1) is 23.2. The molecular formula is C30H26O6. The van der Waals surface area contributed by atoms with Crippen molar-refractivity contribution in [1.82, 2.24) is 0 Å². The third-order valence-corrected chi connectivity index (χ3v) is 6.27. The Kier molecular flexibility index (Phi) is 6.17. The van der Waals surface area contributed by atoms with E-state index in [0.29, 0.717) is 11.5 Å². The Labute approximate surface area is 209 Å². The standard InChI is InChI=1S/C30H26O6/c1-34-25-11-19(12-26(17-25)35-2)4-3-18-5-10-28-27(13-18)29(21-14-23(32)16-24(33)15-21)30(36-28)20-6-8-22(31)9-7-20/h3-17,29-33H,1-2H3/b4-3+/t29-,30?/m0/s1. The number of ether oxygens (including phenoxy) is 3. The van der Waals surface area contributed by atoms with E-state index >= 15 is 0 Å². The molecule has 0 saturated heterocycles. The van der Waals surface area contributed by atoms with Crippen LogP contribution in [-0.4, -0.2) is 29.5 Å². The summed E-state index contributed by atoms with van der Waals surface area (Å²) in [7, 11) is 3.24. The predicted octanol–water partition coefficient (Wildman–Crippen LogP) is 6.26. The molecule has 1 aliphatic heterocycles. The minimum atomic E-state index is -0.399. The smallest absolute Gasteiger partial charge is 0.135 e. The Balaban J connectivity index is 1.55. The molecule has 0 saturated carbocycles. The van der Waals surface area contributed by atoms with Gasteiger partial charge in [0.1, 0.15) is 40.6 Å². The summed E-state index contributed by atoms with van der Waals surface area (Å²) < 4.78 is 17.1. The molecule has 4 aromatic rings. The summed E-state index contributed by atoms with van der Waals surface area (Å²) in [6.07, 6.45) is 3.58. The van der Waals surface area contributed by atoms with Crippen molar-refractivity contribution in [2.24, 2.45) is 0 Å². The molecule has 2 atom stereocenters. The molecule has 6 nitrogen and oxygen atoms in total. The molecule has 0 spiro atoms. The van der Waals surface area contributed by atoms with E-state index in [1.807, 2.05) is 54.6 Å². The summed E-state index contributed by atoms with van der Waals surface area (Å²) in [6.45, 7) is 0. The lowest BCUT2D eigenvalue weighted by molar-refractivity contribution is 0.222. The average molecular weight is 483 g/mol. The van der Waals surface area contributed by atoms with Crippen LogP contribution in [0.2, 0.25) is 0 Å². The minimum absolute atomic E-state index is 0.0223. The van der Waals surface area contributed by atoms with Gasteiger partial charge in [0.15, 0.2) is 0 Å². The average Bonchev–Trinajstić information content (AvgIpc) is 3.26. The molecule has 0 fully saturated rings. The van der Waals surface area contributed by atoms with Crippen LogP contribution in [0, 0.1) is 0 Å². The summed E-state index contributed by atoms with van der Waals surface area (Å²) in [4.78, 5) is 0. The lowest BCUT2D eigenvalue weighted by atomic mass is 9.84. The van der Waals surface area contributed by atoms with Gasteiger partial charge in [-0.15, -0.1) is 0 Å². The topological polar surface area (TPSA) is 88.4 Å². The van der Waals surface area contributed by atoms with Gasteiger partial charge < -0.3 is 29.5 Å². The van der Waals surface area contributed by atoms with Crippen molar-refractivity contribution < 1.29 is 29.5 Å². The highest BCUT2D eigenvalue weighted by molar-refractivity contribution is 5.72. The molecule has 3 N–H and O–H groups in total. The molecule has 182 valence electrons. The number of phenols is 3. The van der Waals surface area contributed by atoms with E-state index in [9.17, 15) is 15.3 Å². The number of benzene rings is 4. The first-order valence-corrected chi connectivity index (χ1v) is 11.5. The van der Waals surface area contributed by atoms with Crippen LogP contribution in [0.4, 0.5) is 0 Å². The van der Waals surface area contributed by atoms with Gasteiger partial charge in [-0.25, -0.2) is 0 Å². The summed E-state index contributed by atoms with van der Waals surface area (Å²) >= 11 is 0. The maximum atomic E-state index is 10.2. The van der Waals surface area contributed by atoms with Crippen molar-refractivity contribution in [2.75, 3.05) is 14.2 Å². The van der Waals surface area contributed by atoms with Crippen molar-refractivity contribution >= 4 is 12.2 Å². The van der Waals surface area contributed by atoms with Gasteiger partial charge >= 0.3 is 0 Å². The molecule has 1 unspecified atom stereocenters. The van der Waals surface area contributed by atoms with E-state index in [2.05, 4.69) is 6.07 Å². The highest BCUT2D eigenvalue weighted by Crippen LogP contribution is 2.51. The number of fused-ring (bicyclic) bond motifs is 1. The zero-order valence-electron chi connectivity index (χ0n) is 19.9. The maximum Gasteiger partial charge on any atom is 0.135 e. The summed E-state index contributed by atoms with van der Waals surface area (Å²) in [5.41, 5.74) is 4.42. The van der Waals surface area contributed by atoms with E-state index in [0.717, 1.165) is 33.6 Å². The second-order valence-corrected chi connectivity index (χ2v) is 8.67. The van der Waals surface area contributed by atoms with Crippen LogP contribution in [0.3, 0.4) is 0 Å². The number of rotatable bonds is 6.